The lowest BCUT2D eigenvalue weighted by Gasteiger charge is -2.28. The van der Waals surface area contributed by atoms with Crippen molar-refractivity contribution in [2.24, 2.45) is 0 Å². The number of amides is 1. The van der Waals surface area contributed by atoms with Gasteiger partial charge in [-0.05, 0) is 35.9 Å². The van der Waals surface area contributed by atoms with Crippen LogP contribution in [0, 0.1) is 4.78 Å². The smallest absolute Gasteiger partial charge is 0.251 e. The minimum Gasteiger partial charge on any atom is -0.379 e. The molecule has 0 radical (unpaired) electrons. The van der Waals surface area contributed by atoms with Gasteiger partial charge in [-0.1, -0.05) is 12.1 Å². The van der Waals surface area contributed by atoms with Gasteiger partial charge in [0.15, 0.2) is 0 Å². The van der Waals surface area contributed by atoms with E-state index in [-0.39, 0.29) is 5.91 Å². The van der Waals surface area contributed by atoms with Gasteiger partial charge in [-0.15, -0.1) is 11.3 Å². The summed E-state index contributed by atoms with van der Waals surface area (Å²) in [6.07, 6.45) is 0. The number of hydrogen-bond acceptors (Lipinski definition) is 6. The van der Waals surface area contributed by atoms with Crippen LogP contribution in [0.5, 0.6) is 0 Å². The molecule has 1 fully saturated rings. The number of carbonyl (C=O) groups excluding carboxylic acids is 1. The Morgan fingerprint density at radius 1 is 1.21 bits per heavy atom. The van der Waals surface area contributed by atoms with Gasteiger partial charge in [-0.3, -0.25) is 4.79 Å². The van der Waals surface area contributed by atoms with Crippen molar-refractivity contribution in [2.75, 3.05) is 26.3 Å². The van der Waals surface area contributed by atoms with E-state index in [0.29, 0.717) is 43.3 Å². The summed E-state index contributed by atoms with van der Waals surface area (Å²) < 4.78 is 29.0. The van der Waals surface area contributed by atoms with Crippen LogP contribution in [-0.2, 0) is 21.2 Å². The van der Waals surface area contributed by atoms with Crippen LogP contribution >= 0.6 is 11.3 Å². The molecule has 1 aliphatic heterocycles. The summed E-state index contributed by atoms with van der Waals surface area (Å²) in [6, 6.07) is 12.5. The first-order valence-corrected chi connectivity index (χ1v) is 11.3. The molecule has 3 aromatic rings. The Hall–Kier alpha value is -2.33. The summed E-state index contributed by atoms with van der Waals surface area (Å²) in [7, 11) is -3.01. The maximum atomic E-state index is 12.9. The molecule has 28 heavy (non-hydrogen) atoms. The molecule has 1 amide bonds. The van der Waals surface area contributed by atoms with Crippen LogP contribution in [0.4, 0.5) is 0 Å². The van der Waals surface area contributed by atoms with Crippen LogP contribution in [0.25, 0.3) is 10.2 Å². The van der Waals surface area contributed by atoms with Crippen LogP contribution < -0.4 is 5.32 Å². The van der Waals surface area contributed by atoms with Crippen molar-refractivity contribution in [3.63, 3.8) is 0 Å². The second-order valence-electron chi connectivity index (χ2n) is 6.43. The van der Waals surface area contributed by atoms with Crippen molar-refractivity contribution in [3.8, 4) is 0 Å². The van der Waals surface area contributed by atoms with Gasteiger partial charge < -0.3 is 10.1 Å². The average molecular weight is 417 g/mol. The van der Waals surface area contributed by atoms with Gasteiger partial charge >= 0.3 is 0 Å². The molecule has 2 heterocycles. The normalized spacial score (nSPS) is 17.3. The molecular formula is C19H20N4O3S2. The second-order valence-corrected chi connectivity index (χ2v) is 9.35. The Morgan fingerprint density at radius 3 is 2.71 bits per heavy atom. The third-order valence-corrected chi connectivity index (χ3v) is 7.42. The van der Waals surface area contributed by atoms with Gasteiger partial charge in [0.25, 0.3) is 5.91 Å². The molecule has 2 N–H and O–H groups in total. The monoisotopic (exact) mass is 416 g/mol. The maximum Gasteiger partial charge on any atom is 0.251 e. The fourth-order valence-electron chi connectivity index (χ4n) is 3.03. The Morgan fingerprint density at radius 2 is 1.96 bits per heavy atom. The highest BCUT2D eigenvalue weighted by atomic mass is 32.2. The van der Waals surface area contributed by atoms with Crippen molar-refractivity contribution in [1.82, 2.24) is 14.6 Å². The molecule has 0 bridgehead atoms. The summed E-state index contributed by atoms with van der Waals surface area (Å²) in [5, 5.41) is 2.89. The molecule has 0 saturated carbocycles. The molecule has 7 nitrogen and oxygen atoms in total. The quantitative estimate of drug-likeness (QED) is 0.669. The lowest BCUT2D eigenvalue weighted by molar-refractivity contribution is 0.0743. The van der Waals surface area contributed by atoms with Gasteiger partial charge in [0.05, 0.1) is 33.8 Å². The Labute approximate surface area is 167 Å². The van der Waals surface area contributed by atoms with Crippen molar-refractivity contribution < 1.29 is 13.7 Å². The van der Waals surface area contributed by atoms with E-state index in [1.54, 1.807) is 40.1 Å². The zero-order chi connectivity index (χ0) is 19.6. The van der Waals surface area contributed by atoms with E-state index in [1.165, 1.54) is 11.3 Å². The second kappa shape index (κ2) is 7.96. The minimum absolute atomic E-state index is 0.156. The molecule has 4 rings (SSSR count). The fourth-order valence-corrected chi connectivity index (χ4v) is 5.21. The van der Waals surface area contributed by atoms with E-state index in [1.807, 2.05) is 12.1 Å². The Bertz CT molecular complexity index is 1090. The van der Waals surface area contributed by atoms with Crippen LogP contribution in [0.15, 0.2) is 52.9 Å². The molecule has 1 saturated heterocycles. The number of ether oxygens (including phenoxy) is 1. The van der Waals surface area contributed by atoms with E-state index in [9.17, 15) is 9.00 Å². The lowest BCUT2D eigenvalue weighted by Crippen LogP contribution is -2.40. The molecule has 2 aromatic carbocycles. The van der Waals surface area contributed by atoms with E-state index in [2.05, 4.69) is 10.3 Å². The number of nitrogens with zero attached hydrogens (tertiary/aromatic N) is 2. The Kier molecular flexibility index (Phi) is 5.40. The van der Waals surface area contributed by atoms with Crippen molar-refractivity contribution >= 4 is 37.4 Å². The number of morpholine rings is 1. The molecule has 146 valence electrons. The minimum atomic E-state index is -3.01. The highest BCUT2D eigenvalue weighted by Gasteiger charge is 2.22. The van der Waals surface area contributed by atoms with Crippen LogP contribution in [0.1, 0.15) is 15.9 Å². The van der Waals surface area contributed by atoms with Gasteiger partial charge in [0.1, 0.15) is 9.92 Å². The van der Waals surface area contributed by atoms with Crippen LogP contribution in [0.3, 0.4) is 0 Å². The molecular weight excluding hydrogens is 396 g/mol. The number of fused-ring (bicyclic) bond motifs is 1. The molecule has 1 atom stereocenters. The van der Waals surface area contributed by atoms with Gasteiger partial charge in [0.2, 0.25) is 0 Å². The van der Waals surface area contributed by atoms with Crippen molar-refractivity contribution in [2.45, 2.75) is 11.4 Å². The SMILES string of the molecule is N=S(=O)(c1ccc(CNC(=O)c2ccc3ncsc3c2)cc1)N1CCOCC1. The van der Waals surface area contributed by atoms with Crippen molar-refractivity contribution in [3.05, 3.63) is 59.1 Å². The van der Waals surface area contributed by atoms with Gasteiger partial charge in [-0.25, -0.2) is 18.3 Å². The largest absolute Gasteiger partial charge is 0.379 e. The highest BCUT2D eigenvalue weighted by molar-refractivity contribution is 7.90. The topological polar surface area (TPSA) is 95.4 Å². The van der Waals surface area contributed by atoms with E-state index in [4.69, 9.17) is 9.52 Å². The maximum absolute atomic E-state index is 12.9. The fraction of sp³-hybridized carbons (Fsp3) is 0.263. The van der Waals surface area contributed by atoms with Crippen LogP contribution in [0.2, 0.25) is 0 Å². The van der Waals surface area contributed by atoms with Crippen LogP contribution in [-0.4, -0.2) is 45.7 Å². The summed E-state index contributed by atoms with van der Waals surface area (Å²) >= 11 is 1.50. The third-order valence-electron chi connectivity index (χ3n) is 4.62. The number of hydrogen-bond donors (Lipinski definition) is 2. The predicted octanol–water partition coefficient (Wildman–Crippen LogP) is 2.88. The van der Waals surface area contributed by atoms with Gasteiger partial charge in [0, 0.05) is 25.2 Å². The number of benzene rings is 2. The third kappa shape index (κ3) is 3.93. The number of nitrogens with one attached hydrogen (secondary N) is 2. The summed E-state index contributed by atoms with van der Waals surface area (Å²) in [6.45, 7) is 2.33. The summed E-state index contributed by atoms with van der Waals surface area (Å²) in [5.41, 5.74) is 4.12. The molecule has 9 heteroatoms. The lowest BCUT2D eigenvalue weighted by atomic mass is 10.2. The highest BCUT2D eigenvalue weighted by Crippen LogP contribution is 2.20. The first-order chi connectivity index (χ1) is 13.5. The molecule has 1 aliphatic rings. The predicted molar refractivity (Wildman–Crippen MR) is 109 cm³/mol. The van der Waals surface area contributed by atoms with E-state index in [0.717, 1.165) is 15.8 Å². The van der Waals surface area contributed by atoms with Crippen molar-refractivity contribution in [1.29, 1.82) is 4.78 Å². The standard InChI is InChI=1S/C19H20N4O3S2/c20-28(25,23-7-9-26-10-8-23)16-4-1-14(2-5-16)12-21-19(24)15-3-6-17-18(11-15)27-13-22-17/h1-6,11,13,20H,7-10,12H2,(H,21,24). The first kappa shape index (κ1) is 19.0. The summed E-state index contributed by atoms with van der Waals surface area (Å²) in [4.78, 5) is 17.1. The summed E-state index contributed by atoms with van der Waals surface area (Å²) in [5.74, 6) is -0.156. The average Bonchev–Trinajstić information content (AvgIpc) is 3.21. The zero-order valence-electron chi connectivity index (χ0n) is 15.1. The molecule has 0 aliphatic carbocycles. The number of aromatic nitrogens is 1. The molecule has 1 aromatic heterocycles. The number of rotatable bonds is 5. The van der Waals surface area contributed by atoms with Gasteiger partial charge in [-0.2, -0.15) is 0 Å². The molecule has 1 unspecified atom stereocenters. The van der Waals surface area contributed by atoms with E-state index < -0.39 is 9.92 Å². The molecule has 0 spiro atoms. The van der Waals surface area contributed by atoms with E-state index >= 15 is 0 Å². The number of carbonyl (C=O) groups is 1. The first-order valence-electron chi connectivity index (χ1n) is 8.86. The zero-order valence-corrected chi connectivity index (χ0v) is 16.7. The number of thiazole rings is 1. The Balaban J connectivity index is 1.40.